The van der Waals surface area contributed by atoms with Crippen LogP contribution in [0.5, 0.6) is 5.75 Å². The van der Waals surface area contributed by atoms with Crippen molar-refractivity contribution in [2.24, 2.45) is 0 Å². The van der Waals surface area contributed by atoms with Crippen LogP contribution in [0.2, 0.25) is 0 Å². The lowest BCUT2D eigenvalue weighted by Gasteiger charge is -2.06. The lowest BCUT2D eigenvalue weighted by molar-refractivity contribution is 0.0389. The molecule has 1 aromatic carbocycles. The number of hydrogen-bond donors (Lipinski definition) is 2. The highest BCUT2D eigenvalue weighted by atomic mass is 16.6. The number of rotatable bonds is 4. The first-order valence-electron chi connectivity index (χ1n) is 4.39. The molecule has 0 aliphatic carbocycles. The van der Waals surface area contributed by atoms with Gasteiger partial charge >= 0.3 is 5.97 Å². The summed E-state index contributed by atoms with van der Waals surface area (Å²) in [6.07, 6.45) is 0. The van der Waals surface area contributed by atoms with Crippen LogP contribution in [0.3, 0.4) is 0 Å². The Morgan fingerprint density at radius 3 is 2.87 bits per heavy atom. The van der Waals surface area contributed by atoms with Gasteiger partial charge in [0.2, 0.25) is 0 Å². The molecule has 0 saturated heterocycles. The zero-order chi connectivity index (χ0) is 11.3. The van der Waals surface area contributed by atoms with E-state index in [9.17, 15) is 4.79 Å². The van der Waals surface area contributed by atoms with Crippen LogP contribution < -0.4 is 5.73 Å². The largest absolute Gasteiger partial charge is 0.508 e. The maximum Gasteiger partial charge on any atom is 0.340 e. The Balaban J connectivity index is 2.68. The van der Waals surface area contributed by atoms with Crippen LogP contribution in [0.25, 0.3) is 0 Å². The Kier molecular flexibility index (Phi) is 3.93. The summed E-state index contributed by atoms with van der Waals surface area (Å²) in [6, 6.07) is 4.12. The molecule has 5 nitrogen and oxygen atoms in total. The lowest BCUT2D eigenvalue weighted by atomic mass is 10.2. The van der Waals surface area contributed by atoms with Crippen molar-refractivity contribution in [2.45, 2.75) is 0 Å². The third kappa shape index (κ3) is 3.14. The Labute approximate surface area is 87.4 Å². The first-order valence-corrected chi connectivity index (χ1v) is 4.39. The molecule has 0 spiro atoms. The minimum absolute atomic E-state index is 0.0251. The van der Waals surface area contributed by atoms with Crippen molar-refractivity contribution in [1.29, 1.82) is 0 Å². The molecular weight excluding hydrogens is 198 g/mol. The summed E-state index contributed by atoms with van der Waals surface area (Å²) in [4.78, 5) is 11.4. The molecule has 0 heterocycles. The second-order valence-corrected chi connectivity index (χ2v) is 2.90. The number of benzene rings is 1. The molecule has 0 aromatic heterocycles. The number of carbonyl (C=O) groups is 1. The fourth-order valence-corrected chi connectivity index (χ4v) is 1.02. The van der Waals surface area contributed by atoms with Gasteiger partial charge < -0.3 is 20.3 Å². The van der Waals surface area contributed by atoms with E-state index in [4.69, 9.17) is 20.3 Å². The minimum atomic E-state index is -0.569. The van der Waals surface area contributed by atoms with Gasteiger partial charge in [0.05, 0.1) is 12.2 Å². The molecule has 15 heavy (non-hydrogen) atoms. The second kappa shape index (κ2) is 5.21. The fraction of sp³-hybridized carbons (Fsp3) is 0.300. The number of carbonyl (C=O) groups excluding carboxylic acids is 1. The number of phenols is 1. The van der Waals surface area contributed by atoms with E-state index in [2.05, 4.69) is 0 Å². The molecule has 0 bridgehead atoms. The van der Waals surface area contributed by atoms with E-state index >= 15 is 0 Å². The van der Waals surface area contributed by atoms with Crippen LogP contribution in [0.15, 0.2) is 18.2 Å². The monoisotopic (exact) mass is 211 g/mol. The number of anilines is 1. The van der Waals surface area contributed by atoms with E-state index < -0.39 is 5.97 Å². The van der Waals surface area contributed by atoms with Gasteiger partial charge in [-0.2, -0.15) is 0 Å². The summed E-state index contributed by atoms with van der Waals surface area (Å²) in [6.45, 7) is 0.481. The highest BCUT2D eigenvalue weighted by Crippen LogP contribution is 2.19. The maximum absolute atomic E-state index is 11.4. The molecule has 3 N–H and O–H groups in total. The van der Waals surface area contributed by atoms with Crippen molar-refractivity contribution in [3.05, 3.63) is 23.8 Å². The van der Waals surface area contributed by atoms with Gasteiger partial charge in [0.15, 0.2) is 0 Å². The maximum atomic E-state index is 11.4. The van der Waals surface area contributed by atoms with Gasteiger partial charge in [-0.05, 0) is 18.2 Å². The average molecular weight is 211 g/mol. The van der Waals surface area contributed by atoms with Gasteiger partial charge in [0, 0.05) is 12.8 Å². The molecule has 0 unspecified atom stereocenters. The second-order valence-electron chi connectivity index (χ2n) is 2.90. The normalized spacial score (nSPS) is 9.93. The Hall–Kier alpha value is -1.75. The van der Waals surface area contributed by atoms with Crippen LogP contribution in [-0.2, 0) is 9.47 Å². The number of hydrogen-bond acceptors (Lipinski definition) is 5. The predicted molar refractivity (Wildman–Crippen MR) is 54.7 cm³/mol. The van der Waals surface area contributed by atoms with Crippen LogP contribution in [0.4, 0.5) is 5.69 Å². The van der Waals surface area contributed by atoms with Crippen LogP contribution in [0.1, 0.15) is 10.4 Å². The van der Waals surface area contributed by atoms with Crippen molar-refractivity contribution in [1.82, 2.24) is 0 Å². The number of nitrogen functional groups attached to an aromatic ring is 1. The molecule has 0 radical (unpaired) electrons. The minimum Gasteiger partial charge on any atom is -0.508 e. The first kappa shape index (κ1) is 11.3. The zero-order valence-corrected chi connectivity index (χ0v) is 8.40. The van der Waals surface area contributed by atoms with Crippen molar-refractivity contribution in [2.75, 3.05) is 26.1 Å². The molecule has 0 fully saturated rings. The van der Waals surface area contributed by atoms with Gasteiger partial charge in [-0.15, -0.1) is 0 Å². The summed E-state index contributed by atoms with van der Waals surface area (Å²) >= 11 is 0. The van der Waals surface area contributed by atoms with Crippen molar-refractivity contribution in [3.8, 4) is 5.75 Å². The molecule has 0 amide bonds. The molecule has 0 saturated carbocycles. The highest BCUT2D eigenvalue weighted by Gasteiger charge is 2.11. The van der Waals surface area contributed by atoms with Gasteiger partial charge in [0.25, 0.3) is 0 Å². The van der Waals surface area contributed by atoms with E-state index in [-0.39, 0.29) is 23.6 Å². The number of methoxy groups -OCH3 is 1. The van der Waals surface area contributed by atoms with E-state index in [0.29, 0.717) is 6.61 Å². The van der Waals surface area contributed by atoms with E-state index in [1.54, 1.807) is 0 Å². The number of nitrogens with two attached hydrogens (primary N) is 1. The number of esters is 1. The summed E-state index contributed by atoms with van der Waals surface area (Å²) in [5.74, 6) is -0.594. The van der Waals surface area contributed by atoms with E-state index in [0.717, 1.165) is 0 Å². The molecule has 1 aromatic rings. The summed E-state index contributed by atoms with van der Waals surface area (Å²) in [7, 11) is 1.51. The highest BCUT2D eigenvalue weighted by molar-refractivity contribution is 5.95. The molecule has 0 aliphatic rings. The standard InChI is InChI=1S/C10H13NO4/c1-14-4-5-15-10(13)8-6-7(12)2-3-9(8)11/h2-3,6,12H,4-5,11H2,1H3. The van der Waals surface area contributed by atoms with Crippen molar-refractivity contribution < 1.29 is 19.4 Å². The third-order valence-corrected chi connectivity index (χ3v) is 1.78. The van der Waals surface area contributed by atoms with E-state index in [1.165, 1.54) is 25.3 Å². The number of phenolic OH excluding ortho intramolecular Hbond substituents is 1. The summed E-state index contributed by atoms with van der Waals surface area (Å²) in [5.41, 5.74) is 5.98. The van der Waals surface area contributed by atoms with Crippen molar-refractivity contribution in [3.63, 3.8) is 0 Å². The summed E-state index contributed by atoms with van der Waals surface area (Å²) in [5, 5.41) is 9.17. The fourth-order valence-electron chi connectivity index (χ4n) is 1.02. The Morgan fingerprint density at radius 1 is 1.47 bits per heavy atom. The predicted octanol–water partition coefficient (Wildman–Crippen LogP) is 0.778. The van der Waals surface area contributed by atoms with Crippen molar-refractivity contribution >= 4 is 11.7 Å². The molecule has 5 heteroatoms. The average Bonchev–Trinajstić information content (AvgIpc) is 2.22. The van der Waals surface area contributed by atoms with Gasteiger partial charge in [-0.3, -0.25) is 0 Å². The topological polar surface area (TPSA) is 81.8 Å². The van der Waals surface area contributed by atoms with Crippen LogP contribution in [-0.4, -0.2) is 31.4 Å². The molecular formula is C10H13NO4. The van der Waals surface area contributed by atoms with Gasteiger partial charge in [-0.1, -0.05) is 0 Å². The van der Waals surface area contributed by atoms with Gasteiger partial charge in [-0.25, -0.2) is 4.79 Å². The molecule has 1 rings (SSSR count). The SMILES string of the molecule is COCCOC(=O)c1cc(O)ccc1N. The lowest BCUT2D eigenvalue weighted by Crippen LogP contribution is -2.11. The molecule has 82 valence electrons. The Bertz CT molecular complexity index is 351. The number of ether oxygens (including phenoxy) is 2. The number of aromatic hydroxyl groups is 1. The Morgan fingerprint density at radius 2 is 2.20 bits per heavy atom. The van der Waals surface area contributed by atoms with E-state index in [1.807, 2.05) is 0 Å². The quantitative estimate of drug-likeness (QED) is 0.333. The van der Waals surface area contributed by atoms with Crippen LogP contribution >= 0.6 is 0 Å². The van der Waals surface area contributed by atoms with Crippen LogP contribution in [0, 0.1) is 0 Å². The van der Waals surface area contributed by atoms with Gasteiger partial charge in [0.1, 0.15) is 12.4 Å². The first-order chi connectivity index (χ1) is 7.15. The zero-order valence-electron chi connectivity index (χ0n) is 8.40. The summed E-state index contributed by atoms with van der Waals surface area (Å²) < 4.78 is 9.57. The molecule has 0 atom stereocenters. The molecule has 0 aliphatic heterocycles. The third-order valence-electron chi connectivity index (χ3n) is 1.78. The smallest absolute Gasteiger partial charge is 0.340 e.